The smallest absolute Gasteiger partial charge is 0.334 e. The van der Waals surface area contributed by atoms with E-state index in [0.717, 1.165) is 22.6 Å². The Morgan fingerprint density at radius 3 is 2.62 bits per heavy atom. The normalized spacial score (nSPS) is 11.4. The number of hydrogen-bond acceptors (Lipinski definition) is 5. The third-order valence-electron chi connectivity index (χ3n) is 3.55. The maximum atomic E-state index is 12.3. The lowest BCUT2D eigenvalue weighted by Crippen LogP contribution is -2.32. The van der Waals surface area contributed by atoms with Crippen LogP contribution in [0.3, 0.4) is 0 Å². The number of nitrogens with zero attached hydrogens (tertiary/aromatic N) is 2. The van der Waals surface area contributed by atoms with Gasteiger partial charge in [0.25, 0.3) is 5.56 Å². The highest BCUT2D eigenvalue weighted by Crippen LogP contribution is 2.24. The van der Waals surface area contributed by atoms with E-state index >= 15 is 0 Å². The fraction of sp³-hybridized carbons (Fsp3) is 0.467. The van der Waals surface area contributed by atoms with Gasteiger partial charge in [0.1, 0.15) is 0 Å². The summed E-state index contributed by atoms with van der Waals surface area (Å²) in [6.45, 7) is 3.77. The predicted octanol–water partition coefficient (Wildman–Crippen LogP) is 2.78. The van der Waals surface area contributed by atoms with Crippen molar-refractivity contribution in [2.75, 3.05) is 5.32 Å². The van der Waals surface area contributed by atoms with Crippen LogP contribution in [0.4, 0.5) is 23.1 Å². The van der Waals surface area contributed by atoms with E-state index in [2.05, 4.69) is 25.8 Å². The zero-order valence-electron chi connectivity index (χ0n) is 14.2. The topological polar surface area (TPSA) is 99.8 Å². The molecular weight excluding hydrogens is 371 g/mol. The molecule has 26 heavy (non-hydrogen) atoms. The number of H-pyrrole nitrogens is 1. The molecule has 0 atom stereocenters. The van der Waals surface area contributed by atoms with Gasteiger partial charge in [0.05, 0.1) is 24.4 Å². The van der Waals surface area contributed by atoms with E-state index in [4.69, 9.17) is 0 Å². The molecule has 7 nitrogen and oxygen atoms in total. The van der Waals surface area contributed by atoms with Crippen molar-refractivity contribution in [2.24, 2.45) is 0 Å². The van der Waals surface area contributed by atoms with Gasteiger partial charge in [-0.05, 0) is 18.4 Å². The van der Waals surface area contributed by atoms with Crippen molar-refractivity contribution in [3.8, 4) is 0 Å². The Balaban J connectivity index is 2.01. The van der Waals surface area contributed by atoms with E-state index < -0.39 is 18.6 Å². The van der Waals surface area contributed by atoms with Crippen molar-refractivity contribution in [3.63, 3.8) is 0 Å². The standard InChI is InChI=1S/C15H18F3N5O2S/c1-3-9-10(12(24)23-22-11(9)4-2)6-19-13(25)21-14-20-8(7-26-14)5-15(16,17)18/h7H,3-6H2,1-2H3,(H,23,24)(H2,19,20,21,25). The second kappa shape index (κ2) is 8.30. The SMILES string of the molecule is CCc1n[nH]c(=O)c(CNC(=O)Nc2nc(CC(F)(F)F)cs2)c1CC. The van der Waals surface area contributed by atoms with Gasteiger partial charge in [0.15, 0.2) is 5.13 Å². The summed E-state index contributed by atoms with van der Waals surface area (Å²) in [4.78, 5) is 27.6. The number of amides is 2. The van der Waals surface area contributed by atoms with E-state index in [-0.39, 0.29) is 22.9 Å². The molecule has 0 fully saturated rings. The zero-order chi connectivity index (χ0) is 19.3. The molecule has 142 valence electrons. The fourth-order valence-electron chi connectivity index (χ4n) is 2.42. The van der Waals surface area contributed by atoms with Crippen molar-refractivity contribution in [3.05, 3.63) is 38.2 Å². The number of carbonyl (C=O) groups is 1. The van der Waals surface area contributed by atoms with Gasteiger partial charge >= 0.3 is 12.2 Å². The molecule has 0 bridgehead atoms. The number of carbonyl (C=O) groups excluding carboxylic acids is 1. The Morgan fingerprint density at radius 1 is 1.27 bits per heavy atom. The molecule has 0 aliphatic carbocycles. The van der Waals surface area contributed by atoms with Crippen LogP contribution in [-0.4, -0.2) is 27.4 Å². The molecule has 2 heterocycles. The number of hydrogen-bond donors (Lipinski definition) is 3. The van der Waals surface area contributed by atoms with Crippen LogP contribution >= 0.6 is 11.3 Å². The Morgan fingerprint density at radius 2 is 2.00 bits per heavy atom. The molecule has 0 unspecified atom stereocenters. The highest BCUT2D eigenvalue weighted by atomic mass is 32.1. The van der Waals surface area contributed by atoms with Gasteiger partial charge in [-0.3, -0.25) is 10.1 Å². The molecule has 3 N–H and O–H groups in total. The molecule has 0 aliphatic rings. The minimum Gasteiger partial charge on any atom is -0.334 e. The van der Waals surface area contributed by atoms with Gasteiger partial charge in [0, 0.05) is 10.9 Å². The van der Waals surface area contributed by atoms with E-state index in [1.165, 1.54) is 5.38 Å². The van der Waals surface area contributed by atoms with Crippen LogP contribution in [-0.2, 0) is 25.8 Å². The van der Waals surface area contributed by atoms with Gasteiger partial charge < -0.3 is 5.32 Å². The second-order valence-electron chi connectivity index (χ2n) is 5.41. The van der Waals surface area contributed by atoms with Crippen LogP contribution < -0.4 is 16.2 Å². The van der Waals surface area contributed by atoms with Gasteiger partial charge in [0.2, 0.25) is 0 Å². The van der Waals surface area contributed by atoms with E-state index in [1.54, 1.807) is 0 Å². The molecule has 11 heteroatoms. The van der Waals surface area contributed by atoms with Crippen molar-refractivity contribution < 1.29 is 18.0 Å². The highest BCUT2D eigenvalue weighted by molar-refractivity contribution is 7.13. The van der Waals surface area contributed by atoms with Crippen molar-refractivity contribution in [1.82, 2.24) is 20.5 Å². The molecule has 0 aliphatic heterocycles. The largest absolute Gasteiger partial charge is 0.394 e. The van der Waals surface area contributed by atoms with Crippen molar-refractivity contribution >= 4 is 22.5 Å². The molecule has 0 radical (unpaired) electrons. The van der Waals surface area contributed by atoms with Crippen LogP contribution in [0, 0.1) is 0 Å². The van der Waals surface area contributed by atoms with Crippen LogP contribution in [0.15, 0.2) is 10.2 Å². The second-order valence-corrected chi connectivity index (χ2v) is 6.27. The van der Waals surface area contributed by atoms with Crippen LogP contribution in [0.25, 0.3) is 0 Å². The molecular formula is C15H18F3N5O2S. The van der Waals surface area contributed by atoms with Crippen LogP contribution in [0.1, 0.15) is 36.4 Å². The van der Waals surface area contributed by atoms with E-state index in [0.29, 0.717) is 18.4 Å². The van der Waals surface area contributed by atoms with E-state index in [9.17, 15) is 22.8 Å². The Kier molecular flexibility index (Phi) is 6.35. The molecule has 2 amide bonds. The summed E-state index contributed by atoms with van der Waals surface area (Å²) in [6, 6.07) is -0.658. The quantitative estimate of drug-likeness (QED) is 0.707. The Labute approximate surface area is 151 Å². The number of urea groups is 1. The molecule has 2 aromatic rings. The number of thiazole rings is 1. The Bertz CT molecular complexity index is 831. The van der Waals surface area contributed by atoms with Gasteiger partial charge in [-0.25, -0.2) is 14.9 Å². The molecule has 0 spiro atoms. The van der Waals surface area contributed by atoms with Crippen molar-refractivity contribution in [2.45, 2.75) is 45.8 Å². The lowest BCUT2D eigenvalue weighted by molar-refractivity contribution is -0.127. The minimum absolute atomic E-state index is 0.0271. The summed E-state index contributed by atoms with van der Waals surface area (Å²) in [7, 11) is 0. The van der Waals surface area contributed by atoms with Gasteiger partial charge in [-0.15, -0.1) is 11.3 Å². The number of aryl methyl sites for hydroxylation is 1. The number of nitrogens with one attached hydrogen (secondary N) is 3. The fourth-order valence-corrected chi connectivity index (χ4v) is 3.13. The number of aromatic amines is 1. The van der Waals surface area contributed by atoms with Gasteiger partial charge in [-0.1, -0.05) is 13.8 Å². The summed E-state index contributed by atoms with van der Waals surface area (Å²) < 4.78 is 37.0. The first-order valence-corrected chi connectivity index (χ1v) is 8.76. The third kappa shape index (κ3) is 5.28. The number of halogens is 3. The maximum Gasteiger partial charge on any atom is 0.394 e. The molecule has 0 saturated carbocycles. The first-order chi connectivity index (χ1) is 12.2. The number of rotatable bonds is 6. The zero-order valence-corrected chi connectivity index (χ0v) is 15.0. The third-order valence-corrected chi connectivity index (χ3v) is 4.35. The predicted molar refractivity (Wildman–Crippen MR) is 91.3 cm³/mol. The molecule has 2 aromatic heterocycles. The summed E-state index contributed by atoms with van der Waals surface area (Å²) in [5, 5.41) is 12.6. The summed E-state index contributed by atoms with van der Waals surface area (Å²) in [6.07, 6.45) is -4.28. The van der Waals surface area contributed by atoms with Crippen molar-refractivity contribution in [1.29, 1.82) is 0 Å². The molecule has 0 saturated heterocycles. The van der Waals surface area contributed by atoms with Crippen LogP contribution in [0.5, 0.6) is 0 Å². The maximum absolute atomic E-state index is 12.3. The first-order valence-electron chi connectivity index (χ1n) is 7.88. The summed E-state index contributed by atoms with van der Waals surface area (Å²) >= 11 is 0.896. The minimum atomic E-state index is -4.36. The molecule has 2 rings (SSSR count). The number of anilines is 1. The molecule has 0 aromatic carbocycles. The van der Waals surface area contributed by atoms with Crippen LogP contribution in [0.2, 0.25) is 0 Å². The lowest BCUT2D eigenvalue weighted by Gasteiger charge is -2.11. The summed E-state index contributed by atoms with van der Waals surface area (Å²) in [5.41, 5.74) is 1.39. The number of alkyl halides is 3. The Hall–Kier alpha value is -2.43. The van der Waals surface area contributed by atoms with E-state index in [1.807, 2.05) is 13.8 Å². The number of aromatic nitrogens is 3. The first kappa shape index (κ1) is 19.9. The monoisotopic (exact) mass is 389 g/mol. The summed E-state index contributed by atoms with van der Waals surface area (Å²) in [5.74, 6) is 0. The average Bonchev–Trinajstić information content (AvgIpc) is 2.98. The average molecular weight is 389 g/mol. The lowest BCUT2D eigenvalue weighted by atomic mass is 10.0. The van der Waals surface area contributed by atoms with Gasteiger partial charge in [-0.2, -0.15) is 18.3 Å². The highest BCUT2D eigenvalue weighted by Gasteiger charge is 2.29.